The van der Waals surface area contributed by atoms with E-state index in [1.165, 1.54) is 18.2 Å². The normalized spacial score (nSPS) is 24.7. The maximum atomic E-state index is 10.8. The maximum absolute atomic E-state index is 10.8. The molecule has 0 amide bonds. The van der Waals surface area contributed by atoms with E-state index in [1.54, 1.807) is 12.1 Å². The van der Waals surface area contributed by atoms with Crippen LogP contribution in [-0.2, 0) is 39.7 Å². The van der Waals surface area contributed by atoms with Gasteiger partial charge in [-0.05, 0) is 68.7 Å². The zero-order chi connectivity index (χ0) is 35.6. The number of benzene rings is 3. The lowest BCUT2D eigenvalue weighted by Crippen LogP contribution is -2.49. The lowest BCUT2D eigenvalue weighted by atomic mass is 9.89. The number of aliphatic hydroxyl groups is 2. The summed E-state index contributed by atoms with van der Waals surface area (Å²) in [5.74, 6) is 1.59. The molecule has 6 unspecified atom stereocenters. The van der Waals surface area contributed by atoms with Crippen molar-refractivity contribution in [1.29, 1.82) is 0 Å². The number of rotatable bonds is 12. The number of carbonyl (C=O) groups is 1. The number of hydrogen-bond acceptors (Lipinski definition) is 12. The van der Waals surface area contributed by atoms with E-state index in [9.17, 15) is 9.90 Å². The Morgan fingerprint density at radius 3 is 1.63 bits per heavy atom. The Bertz CT molecular complexity index is 1370. The van der Waals surface area contributed by atoms with Crippen LogP contribution < -0.4 is 14.6 Å². The molecule has 12 heteroatoms. The van der Waals surface area contributed by atoms with Crippen LogP contribution in [0, 0.1) is 0 Å². The van der Waals surface area contributed by atoms with Gasteiger partial charge in [0, 0.05) is 19.4 Å². The Kier molecular flexibility index (Phi) is 16.7. The van der Waals surface area contributed by atoms with E-state index in [-0.39, 0.29) is 55.1 Å². The Morgan fingerprint density at radius 1 is 0.776 bits per heavy atom. The summed E-state index contributed by atoms with van der Waals surface area (Å²) in [5.41, 5.74) is 2.78. The van der Waals surface area contributed by atoms with Crippen molar-refractivity contribution in [3.63, 3.8) is 0 Å². The van der Waals surface area contributed by atoms with Gasteiger partial charge in [0.1, 0.15) is 48.3 Å². The van der Waals surface area contributed by atoms with Crippen LogP contribution in [-0.4, -0.2) is 61.2 Å². The molecule has 0 bridgehead atoms. The average Bonchev–Trinajstić information content (AvgIpc) is 3.12. The fourth-order valence-corrected chi connectivity index (χ4v) is 4.44. The van der Waals surface area contributed by atoms with Gasteiger partial charge < -0.3 is 29.6 Å². The van der Waals surface area contributed by atoms with E-state index in [4.69, 9.17) is 49.0 Å². The third-order valence-electron chi connectivity index (χ3n) is 7.67. The number of aliphatic hydroxyl groups excluding tert-OH is 2. The minimum absolute atomic E-state index is 0.00870. The van der Waals surface area contributed by atoms with Crippen molar-refractivity contribution < 1.29 is 58.9 Å². The minimum Gasteiger partial charge on any atom is -0.872 e. The van der Waals surface area contributed by atoms with Gasteiger partial charge in [-0.3, -0.25) is 0 Å². The van der Waals surface area contributed by atoms with E-state index in [0.717, 1.165) is 34.5 Å². The molecule has 12 nitrogen and oxygen atoms in total. The molecule has 3 aliphatic heterocycles. The Labute approximate surface area is 287 Å². The van der Waals surface area contributed by atoms with Crippen molar-refractivity contribution in [2.24, 2.45) is 0 Å². The van der Waals surface area contributed by atoms with E-state index in [2.05, 4.69) is 6.58 Å². The average molecular weight is 684 g/mol. The van der Waals surface area contributed by atoms with Gasteiger partial charge in [0.2, 0.25) is 0 Å². The highest BCUT2D eigenvalue weighted by Crippen LogP contribution is 2.40. The molecule has 3 aromatic rings. The van der Waals surface area contributed by atoms with E-state index in [0.29, 0.717) is 26.1 Å². The second kappa shape index (κ2) is 20.6. The van der Waals surface area contributed by atoms with E-state index in [1.807, 2.05) is 76.2 Å². The van der Waals surface area contributed by atoms with Gasteiger partial charge in [-0.15, -0.1) is 12.3 Å². The van der Waals surface area contributed by atoms with Gasteiger partial charge in [-0.1, -0.05) is 54.6 Å². The van der Waals surface area contributed by atoms with Crippen molar-refractivity contribution in [3.8, 4) is 17.2 Å². The summed E-state index contributed by atoms with van der Waals surface area (Å²) in [6.45, 7) is 12.3. The molecular formula is C37H47O12-. The third-order valence-corrected chi connectivity index (χ3v) is 7.67. The zero-order valence-electron chi connectivity index (χ0n) is 28.4. The van der Waals surface area contributed by atoms with Crippen molar-refractivity contribution in [2.45, 2.75) is 76.7 Å². The fraction of sp³-hybridized carbons (Fsp3) is 0.432. The summed E-state index contributed by atoms with van der Waals surface area (Å²) in [6.07, 6.45) is 3.59. The summed E-state index contributed by atoms with van der Waals surface area (Å²) < 4.78 is 10.8. The van der Waals surface area contributed by atoms with Gasteiger partial charge >= 0.3 is 0 Å². The minimum atomic E-state index is -0.358. The molecule has 0 radical (unpaired) electrons. The van der Waals surface area contributed by atoms with Gasteiger partial charge in [0.15, 0.2) is 5.60 Å². The Balaban J connectivity index is 0.000000191. The molecule has 0 saturated carbocycles. The first kappa shape index (κ1) is 39.6. The second-order valence-corrected chi connectivity index (χ2v) is 11.4. The summed E-state index contributed by atoms with van der Waals surface area (Å²) >= 11 is 0. The van der Waals surface area contributed by atoms with Crippen molar-refractivity contribution in [3.05, 3.63) is 102 Å². The quantitative estimate of drug-likeness (QED) is 0.109. The molecule has 6 atom stereocenters. The zero-order valence-corrected chi connectivity index (χ0v) is 28.4. The first-order valence-electron chi connectivity index (χ1n) is 16.1. The number of ether oxygens (including phenoxy) is 2. The van der Waals surface area contributed by atoms with Crippen LogP contribution in [0.2, 0.25) is 0 Å². The number of aldehydes is 1. The predicted octanol–water partition coefficient (Wildman–Crippen LogP) is 5.38. The standard InChI is InChI=1S/C13H18O4.C12H14O4.C9H10O3.C3H6O/c1-10-13(2,17-16-10)11-4-6-12(7-5-11)15-9-3-8-14;1-9-12(16-15-9)10-3-5-11(6-4-10)14-8-2-7-13;1-6-9(12-11-6)7-2-4-8(10)5-3-7;1-2-3-4/h4-7,10,14H,3,8-9H2,1-2H3;3-7,9,12H,2,8H2,1H3;2-6,9-10H,1H3;2,4H,1,3H2/p-1. The van der Waals surface area contributed by atoms with Crippen LogP contribution in [0.15, 0.2) is 85.5 Å². The Morgan fingerprint density at radius 2 is 1.27 bits per heavy atom. The number of hydrogen-bond donors (Lipinski definition) is 2. The SMILES string of the molecule is C=CCO.CC1OOC1(C)c1ccc(OCCCO)cc1.CC1OOC1c1ccc(OCCC=O)cc1.CC1OOC1c1ccc([O-])cc1. The topological polar surface area (TPSA) is 154 Å². The first-order valence-corrected chi connectivity index (χ1v) is 16.1. The Hall–Kier alpha value is -3.85. The van der Waals surface area contributed by atoms with Gasteiger partial charge in [-0.25, -0.2) is 29.3 Å². The molecular weight excluding hydrogens is 636 g/mol. The highest BCUT2D eigenvalue weighted by Gasteiger charge is 2.46. The van der Waals surface area contributed by atoms with Crippen molar-refractivity contribution >= 4 is 6.29 Å². The molecule has 3 aromatic carbocycles. The van der Waals surface area contributed by atoms with Gasteiger partial charge in [0.25, 0.3) is 0 Å². The molecule has 0 aliphatic carbocycles. The van der Waals surface area contributed by atoms with Gasteiger partial charge in [-0.2, -0.15) is 0 Å². The first-order chi connectivity index (χ1) is 23.7. The molecule has 3 fully saturated rings. The lowest BCUT2D eigenvalue weighted by Gasteiger charge is -2.42. The summed E-state index contributed by atoms with van der Waals surface area (Å²) in [5, 5.41) is 27.2. The van der Waals surface area contributed by atoms with E-state index < -0.39 is 0 Å². The third kappa shape index (κ3) is 11.9. The van der Waals surface area contributed by atoms with Crippen LogP contribution in [0.3, 0.4) is 0 Å². The molecule has 3 saturated heterocycles. The largest absolute Gasteiger partial charge is 0.872 e. The van der Waals surface area contributed by atoms with Crippen LogP contribution in [0.4, 0.5) is 0 Å². The fourth-order valence-electron chi connectivity index (χ4n) is 4.44. The molecule has 268 valence electrons. The number of carbonyl (C=O) groups excluding carboxylic acids is 1. The van der Waals surface area contributed by atoms with Crippen LogP contribution >= 0.6 is 0 Å². The van der Waals surface area contributed by atoms with Crippen molar-refractivity contribution in [1.82, 2.24) is 0 Å². The molecule has 0 aromatic heterocycles. The summed E-state index contributed by atoms with van der Waals surface area (Å²) in [6, 6.07) is 22.0. The van der Waals surface area contributed by atoms with Crippen LogP contribution in [0.1, 0.15) is 69.4 Å². The second-order valence-electron chi connectivity index (χ2n) is 11.4. The van der Waals surface area contributed by atoms with Crippen LogP contribution in [0.5, 0.6) is 17.2 Å². The van der Waals surface area contributed by atoms with Crippen LogP contribution in [0.25, 0.3) is 0 Å². The van der Waals surface area contributed by atoms with Gasteiger partial charge in [0.05, 0.1) is 19.8 Å². The smallest absolute Gasteiger partial charge is 0.154 e. The lowest BCUT2D eigenvalue weighted by molar-refractivity contribution is -0.509. The molecule has 6 rings (SSSR count). The summed E-state index contributed by atoms with van der Waals surface area (Å²) in [4.78, 5) is 39.7. The van der Waals surface area contributed by atoms with Crippen molar-refractivity contribution in [2.75, 3.05) is 26.4 Å². The molecule has 3 aliphatic rings. The molecule has 0 spiro atoms. The predicted molar refractivity (Wildman–Crippen MR) is 177 cm³/mol. The van der Waals surface area contributed by atoms with E-state index >= 15 is 0 Å². The monoisotopic (exact) mass is 683 g/mol. The summed E-state index contributed by atoms with van der Waals surface area (Å²) in [7, 11) is 0. The molecule has 2 N–H and O–H groups in total. The molecule has 49 heavy (non-hydrogen) atoms. The highest BCUT2D eigenvalue weighted by molar-refractivity contribution is 5.49. The maximum Gasteiger partial charge on any atom is 0.154 e. The highest BCUT2D eigenvalue weighted by atomic mass is 17.3. The molecule has 3 heterocycles.